The van der Waals surface area contributed by atoms with Crippen molar-refractivity contribution in [3.8, 4) is 28.0 Å². The molecule has 0 aromatic heterocycles. The van der Waals surface area contributed by atoms with Crippen molar-refractivity contribution in [1.82, 2.24) is 0 Å². The number of ether oxygens (including phenoxy) is 1. The minimum atomic E-state index is -0.0822. The van der Waals surface area contributed by atoms with E-state index in [1.54, 1.807) is 12.3 Å². The van der Waals surface area contributed by atoms with Gasteiger partial charge in [0.25, 0.3) is 0 Å². The molecule has 3 aromatic carbocycles. The average molecular weight is 459 g/mol. The third-order valence-corrected chi connectivity index (χ3v) is 6.11. The number of benzene rings is 3. The number of carbonyl (C=O) groups excluding carboxylic acids is 2. The number of hydrogen-bond acceptors (Lipinski definition) is 5. The zero-order chi connectivity index (χ0) is 22.9. The molecule has 3 aromatic rings. The Morgan fingerprint density at radius 2 is 1.28 bits per heavy atom. The van der Waals surface area contributed by atoms with Crippen molar-refractivity contribution in [2.45, 2.75) is 11.8 Å². The van der Waals surface area contributed by atoms with E-state index < -0.39 is 0 Å². The quantitative estimate of drug-likeness (QED) is 0.198. The van der Waals surface area contributed by atoms with Crippen molar-refractivity contribution in [3.63, 3.8) is 0 Å². The monoisotopic (exact) mass is 458 g/mol. The van der Waals surface area contributed by atoms with Crippen molar-refractivity contribution in [2.75, 3.05) is 0 Å². The van der Waals surface area contributed by atoms with Crippen LogP contribution in [-0.2, 0) is 9.59 Å². The van der Waals surface area contributed by atoms with E-state index in [1.165, 1.54) is 24.1 Å². The van der Waals surface area contributed by atoms with Crippen molar-refractivity contribution in [3.05, 3.63) is 109 Å². The minimum Gasteiger partial charge on any atom is -0.464 e. The second-order valence-corrected chi connectivity index (χ2v) is 8.78. The number of hydrogen-bond donors (Lipinski definition) is 0. The Labute approximate surface area is 196 Å². The molecule has 0 amide bonds. The van der Waals surface area contributed by atoms with Crippen LogP contribution in [0.5, 0.6) is 5.75 Å². The summed E-state index contributed by atoms with van der Waals surface area (Å²) < 4.78 is 5.53. The Hall–Kier alpha value is -3.28. The lowest BCUT2D eigenvalue weighted by atomic mass is 10.0. The third-order valence-electron chi connectivity index (χ3n) is 4.43. The van der Waals surface area contributed by atoms with Gasteiger partial charge in [0.1, 0.15) is 5.75 Å². The summed E-state index contributed by atoms with van der Waals surface area (Å²) in [6.45, 7) is 8.78. The van der Waals surface area contributed by atoms with Crippen LogP contribution in [0.1, 0.15) is 6.92 Å². The van der Waals surface area contributed by atoms with E-state index in [4.69, 9.17) is 4.74 Å². The van der Waals surface area contributed by atoms with Gasteiger partial charge in [-0.15, -0.1) is 0 Å². The highest BCUT2D eigenvalue weighted by Gasteiger charge is 2.04. The van der Waals surface area contributed by atoms with E-state index >= 15 is 0 Å². The summed E-state index contributed by atoms with van der Waals surface area (Å²) in [5.41, 5.74) is 4.88. The molecule has 32 heavy (non-hydrogen) atoms. The Morgan fingerprint density at radius 3 is 1.75 bits per heavy atom. The molecular formula is C27H22O3S2. The van der Waals surface area contributed by atoms with Crippen LogP contribution >= 0.6 is 23.5 Å². The molecule has 5 heteroatoms. The lowest BCUT2D eigenvalue weighted by Gasteiger charge is -2.07. The number of thioether (sulfide) groups is 2. The third kappa shape index (κ3) is 6.61. The summed E-state index contributed by atoms with van der Waals surface area (Å²) in [5, 5.41) is 1.46. The summed E-state index contributed by atoms with van der Waals surface area (Å²) in [6.07, 6.45) is 2.81. The summed E-state index contributed by atoms with van der Waals surface area (Å²) in [5.74, 6) is 0.692. The zero-order valence-corrected chi connectivity index (χ0v) is 19.2. The molecule has 3 rings (SSSR count). The maximum absolute atomic E-state index is 11.5. The van der Waals surface area contributed by atoms with Gasteiger partial charge in [-0.3, -0.25) is 9.59 Å². The van der Waals surface area contributed by atoms with E-state index in [0.29, 0.717) is 11.3 Å². The SMILES string of the molecule is C=CC(=O)Sc1ccc(-c2ccc(-c3ccc(O/C=C\SC(=O)C(=C)C)cc3)cc2)cc1. The molecule has 0 bridgehead atoms. The van der Waals surface area contributed by atoms with E-state index in [9.17, 15) is 9.59 Å². The lowest BCUT2D eigenvalue weighted by molar-refractivity contribution is -0.108. The highest BCUT2D eigenvalue weighted by molar-refractivity contribution is 8.16. The smallest absolute Gasteiger partial charge is 0.218 e. The van der Waals surface area contributed by atoms with Gasteiger partial charge < -0.3 is 4.74 Å². The van der Waals surface area contributed by atoms with Gasteiger partial charge >= 0.3 is 0 Å². The molecule has 160 valence electrons. The van der Waals surface area contributed by atoms with Crippen molar-refractivity contribution in [2.24, 2.45) is 0 Å². The molecule has 0 aliphatic heterocycles. The van der Waals surface area contributed by atoms with Gasteiger partial charge in [-0.25, -0.2) is 0 Å². The van der Waals surface area contributed by atoms with Gasteiger partial charge in [0.05, 0.1) is 6.26 Å². The maximum Gasteiger partial charge on any atom is 0.218 e. The zero-order valence-electron chi connectivity index (χ0n) is 17.6. The van der Waals surface area contributed by atoms with E-state index in [-0.39, 0.29) is 10.2 Å². The fraction of sp³-hybridized carbons (Fsp3) is 0.0370. The molecule has 0 aliphatic rings. The molecule has 0 radical (unpaired) electrons. The van der Waals surface area contributed by atoms with Gasteiger partial charge in [0, 0.05) is 10.3 Å². The van der Waals surface area contributed by atoms with Crippen LogP contribution in [0, 0.1) is 0 Å². The number of carbonyl (C=O) groups is 2. The number of rotatable bonds is 8. The minimum absolute atomic E-state index is 0.0636. The molecule has 0 unspecified atom stereocenters. The molecule has 0 spiro atoms. The van der Waals surface area contributed by atoms with Crippen LogP contribution < -0.4 is 4.74 Å². The molecule has 0 atom stereocenters. The van der Waals surface area contributed by atoms with Crippen LogP contribution in [0.3, 0.4) is 0 Å². The molecule has 3 nitrogen and oxygen atoms in total. The van der Waals surface area contributed by atoms with Crippen molar-refractivity contribution >= 4 is 33.8 Å². The van der Waals surface area contributed by atoms with Gasteiger partial charge in [0.15, 0.2) is 0 Å². The lowest BCUT2D eigenvalue weighted by Crippen LogP contribution is -1.88. The molecule has 0 fully saturated rings. The Morgan fingerprint density at radius 1 is 0.812 bits per heavy atom. The Bertz CT molecular complexity index is 1140. The normalized spacial score (nSPS) is 10.7. The van der Waals surface area contributed by atoms with Gasteiger partial charge in [-0.1, -0.05) is 73.5 Å². The molecule has 0 saturated carbocycles. The van der Waals surface area contributed by atoms with Crippen LogP contribution in [0.15, 0.2) is 114 Å². The maximum atomic E-state index is 11.5. The first-order chi connectivity index (χ1) is 15.5. The summed E-state index contributed by atoms with van der Waals surface area (Å²) >= 11 is 2.21. The average Bonchev–Trinajstić information content (AvgIpc) is 2.82. The first kappa shape index (κ1) is 23.4. The fourth-order valence-electron chi connectivity index (χ4n) is 2.75. The summed E-state index contributed by atoms with van der Waals surface area (Å²) in [7, 11) is 0. The van der Waals surface area contributed by atoms with Crippen LogP contribution in [-0.4, -0.2) is 10.2 Å². The Kier molecular flexibility index (Phi) is 8.31. The first-order valence-corrected chi connectivity index (χ1v) is 11.5. The predicted molar refractivity (Wildman–Crippen MR) is 136 cm³/mol. The second kappa shape index (κ2) is 11.4. The van der Waals surface area contributed by atoms with Crippen molar-refractivity contribution < 1.29 is 14.3 Å². The summed E-state index contributed by atoms with van der Waals surface area (Å²) in [6, 6.07) is 24.0. The van der Waals surface area contributed by atoms with E-state index in [2.05, 4.69) is 37.4 Å². The van der Waals surface area contributed by atoms with Gasteiger partial charge in [0.2, 0.25) is 10.2 Å². The molecular weight excluding hydrogens is 436 g/mol. The van der Waals surface area contributed by atoms with Crippen LogP contribution in [0.2, 0.25) is 0 Å². The topological polar surface area (TPSA) is 43.4 Å². The van der Waals surface area contributed by atoms with E-state index in [1.807, 2.05) is 48.5 Å². The highest BCUT2D eigenvalue weighted by Crippen LogP contribution is 2.28. The van der Waals surface area contributed by atoms with Crippen molar-refractivity contribution in [1.29, 1.82) is 0 Å². The summed E-state index contributed by atoms with van der Waals surface area (Å²) in [4.78, 5) is 23.8. The molecule has 0 N–H and O–H groups in total. The predicted octanol–water partition coefficient (Wildman–Crippen LogP) is 7.51. The van der Waals surface area contributed by atoms with Gasteiger partial charge in [-0.05, 0) is 76.9 Å². The standard InChI is InChI=1S/C27H22O3S2/c1-4-26(28)32-25-15-11-23(12-16-25)21-7-5-20(6-8-21)22-9-13-24(14-10-22)30-17-18-31-27(29)19(2)3/h4-18H,1-2H2,3H3/b18-17-. The second-order valence-electron chi connectivity index (χ2n) is 6.83. The largest absolute Gasteiger partial charge is 0.464 e. The van der Waals surface area contributed by atoms with Crippen LogP contribution in [0.4, 0.5) is 0 Å². The Balaban J connectivity index is 1.61. The molecule has 0 saturated heterocycles. The van der Waals surface area contributed by atoms with Crippen LogP contribution in [0.25, 0.3) is 22.3 Å². The van der Waals surface area contributed by atoms with Gasteiger partial charge in [-0.2, -0.15) is 0 Å². The molecule has 0 heterocycles. The highest BCUT2D eigenvalue weighted by atomic mass is 32.2. The van der Waals surface area contributed by atoms with E-state index in [0.717, 1.165) is 38.9 Å². The first-order valence-electron chi connectivity index (χ1n) is 9.79. The molecule has 0 aliphatic carbocycles. The fourth-order valence-corrected chi connectivity index (χ4v) is 3.77.